The predicted octanol–water partition coefficient (Wildman–Crippen LogP) is -1.50. The van der Waals surface area contributed by atoms with Crippen LogP contribution in [-0.2, 0) is 9.47 Å². The van der Waals surface area contributed by atoms with E-state index in [4.69, 9.17) is 14.6 Å². The lowest BCUT2D eigenvalue weighted by molar-refractivity contribution is -0.207. The summed E-state index contributed by atoms with van der Waals surface area (Å²) in [7, 11) is 0. The Balaban J connectivity index is 2.48. The summed E-state index contributed by atoms with van der Waals surface area (Å²) < 4.78 is 10.2. The summed E-state index contributed by atoms with van der Waals surface area (Å²) in [5, 5.41) is 27.7. The lowest BCUT2D eigenvalue weighted by Crippen LogP contribution is -2.54. The second-order valence-electron chi connectivity index (χ2n) is 3.03. The largest absolute Gasteiger partial charge is 0.394 e. The molecule has 0 aromatic carbocycles. The van der Waals surface area contributed by atoms with Crippen molar-refractivity contribution in [2.45, 2.75) is 31.3 Å². The zero-order valence-corrected chi connectivity index (χ0v) is 7.59. The van der Waals surface area contributed by atoms with Crippen LogP contribution in [0.4, 0.5) is 0 Å². The highest BCUT2D eigenvalue weighted by Gasteiger charge is 2.38. The van der Waals surface area contributed by atoms with Crippen LogP contribution in [-0.4, -0.2) is 59.6 Å². The van der Waals surface area contributed by atoms with E-state index in [2.05, 4.69) is 0 Å². The molecule has 0 saturated carbocycles. The van der Waals surface area contributed by atoms with Gasteiger partial charge >= 0.3 is 0 Å². The van der Waals surface area contributed by atoms with Crippen molar-refractivity contribution in [3.05, 3.63) is 0 Å². The first-order valence-electron chi connectivity index (χ1n) is 4.40. The summed E-state index contributed by atoms with van der Waals surface area (Å²) in [6.45, 7) is 2.17. The van der Waals surface area contributed by atoms with Gasteiger partial charge in [0, 0.05) is 6.61 Å². The van der Waals surface area contributed by atoms with Crippen molar-refractivity contribution in [3.63, 3.8) is 0 Å². The highest BCUT2D eigenvalue weighted by Crippen LogP contribution is 2.17. The van der Waals surface area contributed by atoms with Crippen LogP contribution < -0.4 is 0 Å². The average Bonchev–Trinajstić information content (AvgIpc) is 2.14. The Labute approximate surface area is 76.9 Å². The molecule has 1 saturated heterocycles. The minimum atomic E-state index is -1.07. The molecule has 0 amide bonds. The number of aliphatic hydroxyl groups is 3. The van der Waals surface area contributed by atoms with Gasteiger partial charge in [-0.25, -0.2) is 0 Å². The van der Waals surface area contributed by atoms with Crippen LogP contribution in [0.5, 0.6) is 0 Å². The van der Waals surface area contributed by atoms with E-state index in [0.717, 1.165) is 0 Å². The van der Waals surface area contributed by atoms with Crippen LogP contribution in [0.15, 0.2) is 0 Å². The molecule has 0 spiro atoms. The van der Waals surface area contributed by atoms with Crippen LogP contribution >= 0.6 is 0 Å². The molecule has 0 radical (unpaired) electrons. The van der Waals surface area contributed by atoms with E-state index < -0.39 is 24.4 Å². The fourth-order valence-corrected chi connectivity index (χ4v) is 1.38. The molecule has 5 heteroatoms. The van der Waals surface area contributed by atoms with E-state index in [-0.39, 0.29) is 13.2 Å². The first-order valence-corrected chi connectivity index (χ1v) is 4.40. The first-order chi connectivity index (χ1) is 6.20. The summed E-state index contributed by atoms with van der Waals surface area (Å²) in [5.41, 5.74) is 0. The fourth-order valence-electron chi connectivity index (χ4n) is 1.38. The number of aliphatic hydroxyl groups excluding tert-OH is 3. The first kappa shape index (κ1) is 10.9. The summed E-state index contributed by atoms with van der Waals surface area (Å²) in [6.07, 6.45) is -3.25. The molecule has 1 heterocycles. The van der Waals surface area contributed by atoms with Crippen LogP contribution in [0.2, 0.25) is 0 Å². The van der Waals surface area contributed by atoms with Gasteiger partial charge in [0.1, 0.15) is 24.4 Å². The van der Waals surface area contributed by atoms with Crippen LogP contribution in [0.25, 0.3) is 0 Å². The molecule has 0 aromatic rings. The molecule has 3 N–H and O–H groups in total. The van der Waals surface area contributed by atoms with Gasteiger partial charge in [-0.3, -0.25) is 0 Å². The molecule has 78 valence electrons. The van der Waals surface area contributed by atoms with Crippen molar-refractivity contribution in [2.24, 2.45) is 0 Å². The predicted molar refractivity (Wildman–Crippen MR) is 44.3 cm³/mol. The van der Waals surface area contributed by atoms with Crippen LogP contribution in [0, 0.1) is 0 Å². The smallest absolute Gasteiger partial charge is 0.111 e. The van der Waals surface area contributed by atoms with Crippen molar-refractivity contribution >= 4 is 0 Å². The highest BCUT2D eigenvalue weighted by molar-refractivity contribution is 4.87. The van der Waals surface area contributed by atoms with Gasteiger partial charge in [0.15, 0.2) is 0 Å². The van der Waals surface area contributed by atoms with Gasteiger partial charge in [-0.05, 0) is 6.92 Å². The zero-order valence-electron chi connectivity index (χ0n) is 7.59. The zero-order chi connectivity index (χ0) is 9.84. The van der Waals surface area contributed by atoms with Crippen LogP contribution in [0.1, 0.15) is 6.92 Å². The quantitative estimate of drug-likeness (QED) is 0.507. The normalized spacial score (nSPS) is 40.6. The summed E-state index contributed by atoms with van der Waals surface area (Å²) in [6, 6.07) is 0. The van der Waals surface area contributed by atoms with E-state index >= 15 is 0 Å². The average molecular weight is 192 g/mol. The van der Waals surface area contributed by atoms with E-state index in [9.17, 15) is 10.2 Å². The third-order valence-electron chi connectivity index (χ3n) is 2.15. The van der Waals surface area contributed by atoms with Gasteiger partial charge in [-0.15, -0.1) is 0 Å². The third kappa shape index (κ3) is 2.38. The topological polar surface area (TPSA) is 79.2 Å². The lowest BCUT2D eigenvalue weighted by Gasteiger charge is -2.36. The Morgan fingerprint density at radius 1 is 1.38 bits per heavy atom. The lowest BCUT2D eigenvalue weighted by atomic mass is 10.0. The summed E-state index contributed by atoms with van der Waals surface area (Å²) >= 11 is 0. The van der Waals surface area contributed by atoms with Gasteiger partial charge < -0.3 is 24.8 Å². The Kier molecular flexibility index (Phi) is 4.08. The van der Waals surface area contributed by atoms with Gasteiger partial charge in [0.2, 0.25) is 0 Å². The molecule has 4 unspecified atom stereocenters. The summed E-state index contributed by atoms with van der Waals surface area (Å²) in [5.74, 6) is 0. The number of rotatable bonds is 3. The Hall–Kier alpha value is -0.200. The second-order valence-corrected chi connectivity index (χ2v) is 3.03. The molecular formula is C8H16O5. The SMILES string of the molecule is CCOC1COC(CO)C(O)C1O. The summed E-state index contributed by atoms with van der Waals surface area (Å²) in [4.78, 5) is 0. The Bertz CT molecular complexity index is 149. The van der Waals surface area contributed by atoms with Crippen molar-refractivity contribution in [2.75, 3.05) is 19.8 Å². The van der Waals surface area contributed by atoms with Crippen molar-refractivity contribution < 1.29 is 24.8 Å². The van der Waals surface area contributed by atoms with Gasteiger partial charge in [0.05, 0.1) is 13.2 Å². The molecule has 0 bridgehead atoms. The molecular weight excluding hydrogens is 176 g/mol. The monoisotopic (exact) mass is 192 g/mol. The molecule has 1 aliphatic heterocycles. The van der Waals surface area contributed by atoms with Crippen molar-refractivity contribution in [1.29, 1.82) is 0 Å². The molecule has 5 nitrogen and oxygen atoms in total. The van der Waals surface area contributed by atoms with Crippen molar-refractivity contribution in [3.8, 4) is 0 Å². The van der Waals surface area contributed by atoms with E-state index in [1.165, 1.54) is 0 Å². The minimum absolute atomic E-state index is 0.206. The molecule has 1 fully saturated rings. The maximum Gasteiger partial charge on any atom is 0.111 e. The maximum absolute atomic E-state index is 9.50. The standard InChI is InChI=1S/C8H16O5/c1-2-12-6-4-13-5(3-9)7(10)8(6)11/h5-11H,2-4H2,1H3. The van der Waals surface area contributed by atoms with E-state index in [0.29, 0.717) is 6.61 Å². The van der Waals surface area contributed by atoms with Crippen LogP contribution in [0.3, 0.4) is 0 Å². The molecule has 1 aliphatic rings. The molecule has 13 heavy (non-hydrogen) atoms. The molecule has 0 aromatic heterocycles. The van der Waals surface area contributed by atoms with Crippen molar-refractivity contribution in [1.82, 2.24) is 0 Å². The van der Waals surface area contributed by atoms with E-state index in [1.54, 1.807) is 6.92 Å². The van der Waals surface area contributed by atoms with Gasteiger partial charge in [-0.1, -0.05) is 0 Å². The minimum Gasteiger partial charge on any atom is -0.394 e. The fraction of sp³-hybridized carbons (Fsp3) is 1.00. The van der Waals surface area contributed by atoms with Gasteiger partial charge in [0.25, 0.3) is 0 Å². The molecule has 1 rings (SSSR count). The van der Waals surface area contributed by atoms with Gasteiger partial charge in [-0.2, -0.15) is 0 Å². The number of ether oxygens (including phenoxy) is 2. The highest BCUT2D eigenvalue weighted by atomic mass is 16.6. The second kappa shape index (κ2) is 4.88. The Morgan fingerprint density at radius 2 is 2.08 bits per heavy atom. The third-order valence-corrected chi connectivity index (χ3v) is 2.15. The maximum atomic E-state index is 9.50. The van der Waals surface area contributed by atoms with E-state index in [1.807, 2.05) is 0 Å². The number of hydrogen-bond acceptors (Lipinski definition) is 5. The molecule has 0 aliphatic carbocycles. The Morgan fingerprint density at radius 3 is 2.62 bits per heavy atom. The number of hydrogen-bond donors (Lipinski definition) is 3. The molecule has 4 atom stereocenters.